The third kappa shape index (κ3) is 7.99. The maximum absolute atomic E-state index is 12.5. The molecule has 0 radical (unpaired) electrons. The summed E-state index contributed by atoms with van der Waals surface area (Å²) in [6, 6.07) is 7.47. The number of hydrogen-bond donors (Lipinski definition) is 2. The second-order valence-corrected chi connectivity index (χ2v) is 6.04. The first kappa shape index (κ1) is 20.0. The quantitative estimate of drug-likeness (QED) is 0.435. The van der Waals surface area contributed by atoms with Gasteiger partial charge < -0.3 is 15.8 Å². The van der Waals surface area contributed by atoms with Crippen LogP contribution in [0, 0.1) is 0 Å². The van der Waals surface area contributed by atoms with Gasteiger partial charge in [0, 0.05) is 24.2 Å². The van der Waals surface area contributed by atoms with Crippen molar-refractivity contribution in [3.63, 3.8) is 0 Å². The van der Waals surface area contributed by atoms with Crippen LogP contribution in [-0.2, 0) is 4.74 Å². The molecule has 0 saturated heterocycles. The average molecular weight is 334 g/mol. The van der Waals surface area contributed by atoms with Crippen molar-refractivity contribution in [2.45, 2.75) is 64.9 Å². The molecule has 0 fully saturated rings. The Morgan fingerprint density at radius 2 is 1.92 bits per heavy atom. The van der Waals surface area contributed by atoms with E-state index in [-0.39, 0.29) is 12.2 Å². The number of nitrogens with one attached hydrogen (secondary N) is 1. The number of carbonyl (C=O) groups is 2. The van der Waals surface area contributed by atoms with E-state index >= 15 is 0 Å². The number of nitrogens with two attached hydrogens (primary N) is 1. The SMILES string of the molecule is CCCCCNc1cccc(C(=O)CC(CCCC)OC(N)=O)c1. The van der Waals surface area contributed by atoms with Crippen LogP contribution >= 0.6 is 0 Å². The van der Waals surface area contributed by atoms with Crippen LogP contribution in [0.5, 0.6) is 0 Å². The summed E-state index contributed by atoms with van der Waals surface area (Å²) < 4.78 is 5.07. The van der Waals surface area contributed by atoms with E-state index in [0.717, 1.165) is 31.5 Å². The maximum atomic E-state index is 12.5. The molecular weight excluding hydrogens is 304 g/mol. The van der Waals surface area contributed by atoms with Crippen LogP contribution in [0.4, 0.5) is 10.5 Å². The van der Waals surface area contributed by atoms with E-state index in [1.807, 2.05) is 18.2 Å². The van der Waals surface area contributed by atoms with E-state index in [4.69, 9.17) is 10.5 Å². The highest BCUT2D eigenvalue weighted by atomic mass is 16.6. The third-order valence-corrected chi connectivity index (χ3v) is 3.87. The molecule has 1 amide bonds. The number of primary amides is 1. The first-order chi connectivity index (χ1) is 11.6. The van der Waals surface area contributed by atoms with E-state index in [2.05, 4.69) is 19.2 Å². The topological polar surface area (TPSA) is 81.4 Å². The number of Topliss-reactive ketones (excluding diaryl/α,β-unsaturated/α-hetero) is 1. The van der Waals surface area contributed by atoms with Crippen LogP contribution in [-0.4, -0.2) is 24.5 Å². The number of benzene rings is 1. The number of ether oxygens (including phenoxy) is 1. The fraction of sp³-hybridized carbons (Fsp3) is 0.579. The van der Waals surface area contributed by atoms with Gasteiger partial charge in [-0.05, 0) is 25.0 Å². The number of rotatable bonds is 12. The molecule has 1 rings (SSSR count). The molecule has 0 aliphatic carbocycles. The summed E-state index contributed by atoms with van der Waals surface area (Å²) >= 11 is 0. The second-order valence-electron chi connectivity index (χ2n) is 6.04. The van der Waals surface area contributed by atoms with E-state index in [9.17, 15) is 9.59 Å². The first-order valence-electron chi connectivity index (χ1n) is 8.90. The average Bonchev–Trinajstić information content (AvgIpc) is 2.56. The van der Waals surface area contributed by atoms with Crippen LogP contribution in [0.3, 0.4) is 0 Å². The van der Waals surface area contributed by atoms with Gasteiger partial charge in [-0.15, -0.1) is 0 Å². The summed E-state index contributed by atoms with van der Waals surface area (Å²) in [6.07, 6.45) is 4.90. The maximum Gasteiger partial charge on any atom is 0.404 e. The summed E-state index contributed by atoms with van der Waals surface area (Å²) in [4.78, 5) is 23.5. The number of carbonyl (C=O) groups excluding carboxylic acids is 2. The van der Waals surface area contributed by atoms with E-state index in [1.54, 1.807) is 6.07 Å². The molecule has 1 unspecified atom stereocenters. The number of ketones is 1. The lowest BCUT2D eigenvalue weighted by Gasteiger charge is -2.16. The Labute approximate surface area is 145 Å². The Bertz CT molecular complexity index is 517. The van der Waals surface area contributed by atoms with Crippen LogP contribution in [0.25, 0.3) is 0 Å². The van der Waals surface area contributed by atoms with E-state index in [0.29, 0.717) is 12.0 Å². The molecule has 5 heteroatoms. The molecule has 0 heterocycles. The fourth-order valence-electron chi connectivity index (χ4n) is 2.53. The molecule has 0 saturated carbocycles. The summed E-state index contributed by atoms with van der Waals surface area (Å²) in [5.41, 5.74) is 6.67. The molecule has 5 nitrogen and oxygen atoms in total. The largest absolute Gasteiger partial charge is 0.446 e. The Balaban J connectivity index is 2.62. The molecule has 0 bridgehead atoms. The first-order valence-corrected chi connectivity index (χ1v) is 8.90. The minimum absolute atomic E-state index is 0.0328. The lowest BCUT2D eigenvalue weighted by atomic mass is 10.0. The molecule has 0 aromatic heterocycles. The smallest absolute Gasteiger partial charge is 0.404 e. The molecular formula is C19H30N2O3. The molecule has 24 heavy (non-hydrogen) atoms. The monoisotopic (exact) mass is 334 g/mol. The zero-order valence-electron chi connectivity index (χ0n) is 14.8. The van der Waals surface area contributed by atoms with Crippen LogP contribution in [0.2, 0.25) is 0 Å². The van der Waals surface area contributed by atoms with Crippen molar-refractivity contribution in [1.29, 1.82) is 0 Å². The Kier molecular flexibility index (Phi) is 9.58. The molecule has 3 N–H and O–H groups in total. The highest BCUT2D eigenvalue weighted by molar-refractivity contribution is 5.97. The van der Waals surface area contributed by atoms with Crippen LogP contribution < -0.4 is 11.1 Å². The van der Waals surface area contributed by atoms with Gasteiger partial charge in [-0.25, -0.2) is 4.79 Å². The molecule has 1 aromatic rings. The van der Waals surface area contributed by atoms with Gasteiger partial charge in [0.05, 0.1) is 0 Å². The Morgan fingerprint density at radius 3 is 2.58 bits per heavy atom. The van der Waals surface area contributed by atoms with Crippen molar-refractivity contribution < 1.29 is 14.3 Å². The minimum Gasteiger partial charge on any atom is -0.446 e. The predicted octanol–water partition coefficient (Wildman–Crippen LogP) is 4.52. The molecule has 134 valence electrons. The Morgan fingerprint density at radius 1 is 1.17 bits per heavy atom. The van der Waals surface area contributed by atoms with Crippen molar-refractivity contribution in [2.24, 2.45) is 5.73 Å². The van der Waals surface area contributed by atoms with Gasteiger partial charge >= 0.3 is 6.09 Å². The van der Waals surface area contributed by atoms with Crippen molar-refractivity contribution in [3.8, 4) is 0 Å². The third-order valence-electron chi connectivity index (χ3n) is 3.87. The normalized spacial score (nSPS) is 11.8. The number of hydrogen-bond acceptors (Lipinski definition) is 4. The van der Waals surface area contributed by atoms with E-state index in [1.165, 1.54) is 12.8 Å². The van der Waals surface area contributed by atoms with Crippen molar-refractivity contribution in [2.75, 3.05) is 11.9 Å². The summed E-state index contributed by atoms with van der Waals surface area (Å²) in [5.74, 6) is -0.0328. The lowest BCUT2D eigenvalue weighted by Crippen LogP contribution is -2.25. The number of unbranched alkanes of at least 4 members (excludes halogenated alkanes) is 3. The molecule has 1 atom stereocenters. The standard InChI is InChI=1S/C19H30N2O3/c1-3-5-7-12-21-16-10-8-9-15(13-16)18(22)14-17(11-6-4-2)24-19(20)23/h8-10,13,17,21H,3-7,11-12,14H2,1-2H3,(H2,20,23). The zero-order chi connectivity index (χ0) is 17.8. The van der Waals surface area contributed by atoms with Gasteiger partial charge in [-0.2, -0.15) is 0 Å². The molecule has 0 spiro atoms. The fourth-order valence-corrected chi connectivity index (χ4v) is 2.53. The number of amides is 1. The Hall–Kier alpha value is -2.04. The molecule has 1 aromatic carbocycles. The van der Waals surface area contributed by atoms with Gasteiger partial charge in [0.25, 0.3) is 0 Å². The highest BCUT2D eigenvalue weighted by Crippen LogP contribution is 2.17. The van der Waals surface area contributed by atoms with Crippen molar-refractivity contribution in [1.82, 2.24) is 0 Å². The lowest BCUT2D eigenvalue weighted by molar-refractivity contribution is 0.0760. The van der Waals surface area contributed by atoms with Gasteiger partial charge in [0.1, 0.15) is 6.10 Å². The summed E-state index contributed by atoms with van der Waals surface area (Å²) in [5, 5.41) is 3.34. The summed E-state index contributed by atoms with van der Waals surface area (Å²) in [6.45, 7) is 5.12. The van der Waals surface area contributed by atoms with Gasteiger partial charge in [-0.3, -0.25) is 4.79 Å². The van der Waals surface area contributed by atoms with Crippen LogP contribution in [0.15, 0.2) is 24.3 Å². The predicted molar refractivity (Wildman–Crippen MR) is 97.4 cm³/mol. The molecule has 0 aliphatic rings. The van der Waals surface area contributed by atoms with Crippen LogP contribution in [0.1, 0.15) is 69.2 Å². The van der Waals surface area contributed by atoms with E-state index < -0.39 is 12.2 Å². The van der Waals surface area contributed by atoms with Crippen molar-refractivity contribution in [3.05, 3.63) is 29.8 Å². The van der Waals surface area contributed by atoms with Gasteiger partial charge in [0.2, 0.25) is 0 Å². The van der Waals surface area contributed by atoms with Gasteiger partial charge in [-0.1, -0.05) is 51.7 Å². The highest BCUT2D eigenvalue weighted by Gasteiger charge is 2.18. The second kappa shape index (κ2) is 11.5. The number of anilines is 1. The van der Waals surface area contributed by atoms with Gasteiger partial charge in [0.15, 0.2) is 5.78 Å². The minimum atomic E-state index is -0.824. The zero-order valence-corrected chi connectivity index (χ0v) is 14.8. The summed E-state index contributed by atoms with van der Waals surface area (Å²) in [7, 11) is 0. The molecule has 0 aliphatic heterocycles. The van der Waals surface area contributed by atoms with Crippen molar-refractivity contribution >= 4 is 17.6 Å².